The predicted octanol–water partition coefficient (Wildman–Crippen LogP) is 3.23. The molecular formula is C14H25N3S2. The van der Waals surface area contributed by atoms with Gasteiger partial charge in [0, 0.05) is 47.8 Å². The highest BCUT2D eigenvalue weighted by Crippen LogP contribution is 2.23. The molecule has 0 aromatic carbocycles. The lowest BCUT2D eigenvalue weighted by Crippen LogP contribution is -2.43. The summed E-state index contributed by atoms with van der Waals surface area (Å²) < 4.78 is 0.385. The van der Waals surface area contributed by atoms with Crippen molar-refractivity contribution in [2.75, 3.05) is 30.3 Å². The van der Waals surface area contributed by atoms with Gasteiger partial charge in [-0.3, -0.25) is 0 Å². The van der Waals surface area contributed by atoms with Crippen molar-refractivity contribution in [2.45, 2.75) is 44.4 Å². The van der Waals surface area contributed by atoms with Gasteiger partial charge in [0.2, 0.25) is 0 Å². The summed E-state index contributed by atoms with van der Waals surface area (Å²) in [5, 5.41) is 6.94. The molecule has 0 aliphatic carbocycles. The number of anilines is 1. The van der Waals surface area contributed by atoms with E-state index in [1.807, 2.05) is 18.0 Å². The van der Waals surface area contributed by atoms with E-state index in [2.05, 4.69) is 41.4 Å². The van der Waals surface area contributed by atoms with Crippen LogP contribution in [0.3, 0.4) is 0 Å². The Bertz CT molecular complexity index is 351. The molecule has 19 heavy (non-hydrogen) atoms. The Morgan fingerprint density at radius 3 is 2.74 bits per heavy atom. The summed E-state index contributed by atoms with van der Waals surface area (Å²) in [7, 11) is 0. The first-order chi connectivity index (χ1) is 9.04. The van der Waals surface area contributed by atoms with E-state index < -0.39 is 0 Å². The molecule has 1 N–H and O–H groups in total. The van der Waals surface area contributed by atoms with Crippen LogP contribution in [0.15, 0.2) is 11.6 Å². The van der Waals surface area contributed by atoms with Crippen LogP contribution in [0.5, 0.6) is 0 Å². The van der Waals surface area contributed by atoms with Crippen molar-refractivity contribution in [3.8, 4) is 0 Å². The van der Waals surface area contributed by atoms with Crippen LogP contribution < -0.4 is 10.2 Å². The standard InChI is InChI=1S/C14H25N3S2/c1-14(2,3)19-11-7-15-12-4-8-17(9-5-12)13-16-6-10-18-13/h6,10,12,15H,4-5,7-9,11H2,1-3H3. The van der Waals surface area contributed by atoms with Crippen molar-refractivity contribution in [3.05, 3.63) is 11.6 Å². The summed E-state index contributed by atoms with van der Waals surface area (Å²) in [4.78, 5) is 6.80. The fourth-order valence-corrected chi connectivity index (χ4v) is 3.80. The molecule has 1 aliphatic heterocycles. The molecule has 1 aromatic rings. The number of hydrogen-bond donors (Lipinski definition) is 1. The van der Waals surface area contributed by atoms with Crippen molar-refractivity contribution in [1.29, 1.82) is 0 Å². The van der Waals surface area contributed by atoms with Crippen molar-refractivity contribution in [1.82, 2.24) is 10.3 Å². The minimum atomic E-state index is 0.385. The average molecular weight is 300 g/mol. The largest absolute Gasteiger partial charge is 0.348 e. The molecule has 0 spiro atoms. The topological polar surface area (TPSA) is 28.2 Å². The van der Waals surface area contributed by atoms with Gasteiger partial charge in [-0.2, -0.15) is 11.8 Å². The molecule has 5 heteroatoms. The Morgan fingerprint density at radius 2 is 2.16 bits per heavy atom. The van der Waals surface area contributed by atoms with Crippen LogP contribution in [-0.2, 0) is 0 Å². The number of piperidine rings is 1. The highest BCUT2D eigenvalue weighted by atomic mass is 32.2. The molecule has 2 rings (SSSR count). The highest BCUT2D eigenvalue weighted by Gasteiger charge is 2.20. The van der Waals surface area contributed by atoms with Crippen molar-refractivity contribution < 1.29 is 0 Å². The first-order valence-electron chi connectivity index (χ1n) is 7.06. The first kappa shape index (κ1) is 15.1. The van der Waals surface area contributed by atoms with Crippen LogP contribution in [-0.4, -0.2) is 41.2 Å². The van der Waals surface area contributed by atoms with Gasteiger partial charge in [-0.25, -0.2) is 4.98 Å². The van der Waals surface area contributed by atoms with Crippen LogP contribution >= 0.6 is 23.1 Å². The van der Waals surface area contributed by atoms with Gasteiger partial charge in [-0.05, 0) is 12.8 Å². The lowest BCUT2D eigenvalue weighted by Gasteiger charge is -2.32. The Kier molecular flexibility index (Phi) is 5.54. The molecule has 1 aliphatic rings. The summed E-state index contributed by atoms with van der Waals surface area (Å²) in [6.45, 7) is 10.2. The van der Waals surface area contributed by atoms with Gasteiger partial charge >= 0.3 is 0 Å². The summed E-state index contributed by atoms with van der Waals surface area (Å²) in [6.07, 6.45) is 4.37. The minimum Gasteiger partial charge on any atom is -0.348 e. The van der Waals surface area contributed by atoms with Gasteiger partial charge in [0.1, 0.15) is 0 Å². The fraction of sp³-hybridized carbons (Fsp3) is 0.786. The van der Waals surface area contributed by atoms with E-state index in [1.165, 1.54) is 23.7 Å². The lowest BCUT2D eigenvalue weighted by atomic mass is 10.1. The van der Waals surface area contributed by atoms with Gasteiger partial charge in [0.05, 0.1) is 0 Å². The normalized spacial score (nSPS) is 17.9. The SMILES string of the molecule is CC(C)(C)SCCNC1CCN(c2nccs2)CC1. The molecular weight excluding hydrogens is 274 g/mol. The summed E-state index contributed by atoms with van der Waals surface area (Å²) in [5.41, 5.74) is 0. The monoisotopic (exact) mass is 299 g/mol. The third-order valence-corrected chi connectivity index (χ3v) is 5.36. The third-order valence-electron chi connectivity index (χ3n) is 3.25. The van der Waals surface area contributed by atoms with Crippen LogP contribution in [0.25, 0.3) is 0 Å². The smallest absolute Gasteiger partial charge is 0.185 e. The maximum atomic E-state index is 4.39. The summed E-state index contributed by atoms with van der Waals surface area (Å²) in [6, 6.07) is 0.691. The number of nitrogens with one attached hydrogen (secondary N) is 1. The molecule has 3 nitrogen and oxygen atoms in total. The fourth-order valence-electron chi connectivity index (χ4n) is 2.27. The van der Waals surface area contributed by atoms with Crippen LogP contribution in [0.2, 0.25) is 0 Å². The number of thiazole rings is 1. The summed E-state index contributed by atoms with van der Waals surface area (Å²) >= 11 is 3.79. The summed E-state index contributed by atoms with van der Waals surface area (Å²) in [5.74, 6) is 1.20. The van der Waals surface area contributed by atoms with E-state index >= 15 is 0 Å². The van der Waals surface area contributed by atoms with Gasteiger partial charge in [-0.1, -0.05) is 20.8 Å². The van der Waals surface area contributed by atoms with Gasteiger partial charge in [0.25, 0.3) is 0 Å². The van der Waals surface area contributed by atoms with E-state index in [0.29, 0.717) is 10.8 Å². The first-order valence-corrected chi connectivity index (χ1v) is 8.93. The quantitative estimate of drug-likeness (QED) is 0.845. The molecule has 0 amide bonds. The molecule has 2 heterocycles. The molecule has 1 aromatic heterocycles. The van der Waals surface area contributed by atoms with Gasteiger partial charge < -0.3 is 10.2 Å². The zero-order chi connectivity index (χ0) is 13.7. The number of hydrogen-bond acceptors (Lipinski definition) is 5. The predicted molar refractivity (Wildman–Crippen MR) is 87.6 cm³/mol. The molecule has 0 unspecified atom stereocenters. The minimum absolute atomic E-state index is 0.385. The van der Waals surface area contributed by atoms with Crippen molar-refractivity contribution in [2.24, 2.45) is 0 Å². The Hall–Kier alpha value is -0.260. The highest BCUT2D eigenvalue weighted by molar-refractivity contribution is 8.00. The van der Waals surface area contributed by atoms with Gasteiger partial charge in [-0.15, -0.1) is 11.3 Å². The van der Waals surface area contributed by atoms with E-state index in [-0.39, 0.29) is 0 Å². The maximum absolute atomic E-state index is 4.39. The number of rotatable bonds is 5. The second-order valence-electron chi connectivity index (χ2n) is 5.99. The molecule has 1 fully saturated rings. The molecule has 108 valence electrons. The maximum Gasteiger partial charge on any atom is 0.185 e. The van der Waals surface area contributed by atoms with E-state index in [1.54, 1.807) is 11.3 Å². The molecule has 0 bridgehead atoms. The van der Waals surface area contributed by atoms with E-state index in [4.69, 9.17) is 0 Å². The van der Waals surface area contributed by atoms with Crippen molar-refractivity contribution in [3.63, 3.8) is 0 Å². The zero-order valence-electron chi connectivity index (χ0n) is 12.2. The molecule has 0 saturated carbocycles. The second kappa shape index (κ2) is 6.95. The van der Waals surface area contributed by atoms with E-state index in [0.717, 1.165) is 19.6 Å². The van der Waals surface area contributed by atoms with Crippen molar-refractivity contribution >= 4 is 28.2 Å². The Labute approximate surface area is 125 Å². The molecule has 0 radical (unpaired) electrons. The van der Waals surface area contributed by atoms with Crippen LogP contribution in [0.4, 0.5) is 5.13 Å². The Morgan fingerprint density at radius 1 is 1.42 bits per heavy atom. The number of thioether (sulfide) groups is 1. The number of aromatic nitrogens is 1. The third kappa shape index (κ3) is 5.32. The van der Waals surface area contributed by atoms with Crippen LogP contribution in [0.1, 0.15) is 33.6 Å². The second-order valence-corrected chi connectivity index (χ2v) is 8.79. The van der Waals surface area contributed by atoms with E-state index in [9.17, 15) is 0 Å². The Balaban J connectivity index is 1.61. The lowest BCUT2D eigenvalue weighted by molar-refractivity contribution is 0.424. The molecule has 1 saturated heterocycles. The number of nitrogens with zero attached hydrogens (tertiary/aromatic N) is 2. The molecule has 0 atom stereocenters. The van der Waals surface area contributed by atoms with Crippen LogP contribution in [0, 0.1) is 0 Å². The zero-order valence-corrected chi connectivity index (χ0v) is 13.8. The average Bonchev–Trinajstić information content (AvgIpc) is 2.88. The van der Waals surface area contributed by atoms with Gasteiger partial charge in [0.15, 0.2) is 5.13 Å².